The number of nitriles is 1. The monoisotopic (exact) mass is 352 g/mol. The molecule has 0 bridgehead atoms. The molecule has 0 unspecified atom stereocenters. The van der Waals surface area contributed by atoms with E-state index < -0.39 is 6.29 Å². The molecule has 1 aromatic heterocycles. The molecule has 0 saturated carbocycles. The van der Waals surface area contributed by atoms with Crippen molar-refractivity contribution in [3.63, 3.8) is 0 Å². The number of benzene rings is 1. The van der Waals surface area contributed by atoms with Crippen LogP contribution >= 0.6 is 27.7 Å². The van der Waals surface area contributed by atoms with E-state index in [1.165, 1.54) is 11.8 Å². The fraction of sp³-hybridized carbons (Fsp3) is 0.214. The molecule has 0 atom stereocenters. The number of aliphatic hydroxyl groups excluding tert-OH is 1. The van der Waals surface area contributed by atoms with Crippen molar-refractivity contribution in [2.24, 2.45) is 7.05 Å². The third-order valence-electron chi connectivity index (χ3n) is 3.07. The maximum atomic E-state index is 9.64. The molecule has 0 aliphatic carbocycles. The summed E-state index contributed by atoms with van der Waals surface area (Å²) in [4.78, 5) is 0. The van der Waals surface area contributed by atoms with Crippen molar-refractivity contribution in [2.75, 3.05) is 6.26 Å². The summed E-state index contributed by atoms with van der Waals surface area (Å²) < 4.78 is 2.58. The highest BCUT2D eigenvalue weighted by atomic mass is 79.9. The van der Waals surface area contributed by atoms with Crippen LogP contribution in [0.1, 0.15) is 17.5 Å². The van der Waals surface area contributed by atoms with E-state index in [1.807, 2.05) is 30.5 Å². The quantitative estimate of drug-likeness (QED) is 0.657. The number of thioether (sulfide) groups is 1. The summed E-state index contributed by atoms with van der Waals surface area (Å²) in [6.45, 7) is 0. The van der Waals surface area contributed by atoms with Gasteiger partial charge in [0.1, 0.15) is 6.07 Å². The van der Waals surface area contributed by atoms with Gasteiger partial charge in [0.2, 0.25) is 0 Å². The van der Waals surface area contributed by atoms with Crippen LogP contribution in [0.2, 0.25) is 0 Å². The molecule has 0 amide bonds. The minimum Gasteiger partial charge on any atom is -0.363 e. The molecule has 0 saturated heterocycles. The number of aliphatic hydroxyl groups is 2. The lowest BCUT2D eigenvalue weighted by Crippen LogP contribution is -2.05. The predicted octanol–water partition coefficient (Wildman–Crippen LogP) is 3.03. The molecule has 1 heterocycles. The topological polar surface area (TPSA) is 69.2 Å². The number of nitrogens with zero attached hydrogens (tertiary/aromatic N) is 2. The molecule has 4 nitrogen and oxygen atoms in total. The molecule has 2 rings (SSSR count). The number of halogens is 1. The normalized spacial score (nSPS) is 10.8. The molecule has 0 fully saturated rings. The van der Waals surface area contributed by atoms with Gasteiger partial charge in [0.15, 0.2) is 6.29 Å². The van der Waals surface area contributed by atoms with Gasteiger partial charge in [-0.05, 0) is 24.0 Å². The molecule has 2 aromatic rings. The molecule has 0 aliphatic rings. The predicted molar refractivity (Wildman–Crippen MR) is 82.2 cm³/mol. The minimum absolute atomic E-state index is 0.327. The average Bonchev–Trinajstić information content (AvgIpc) is 2.71. The summed E-state index contributed by atoms with van der Waals surface area (Å²) in [7, 11) is 1.73. The summed E-state index contributed by atoms with van der Waals surface area (Å²) in [6, 6.07) is 9.57. The van der Waals surface area contributed by atoms with E-state index in [0.717, 1.165) is 10.0 Å². The van der Waals surface area contributed by atoms with Crippen LogP contribution in [0.4, 0.5) is 0 Å². The van der Waals surface area contributed by atoms with Gasteiger partial charge in [-0.25, -0.2) is 0 Å². The molecule has 0 spiro atoms. The molecule has 6 heteroatoms. The van der Waals surface area contributed by atoms with Crippen molar-refractivity contribution in [3.05, 3.63) is 40.0 Å². The Labute approximate surface area is 129 Å². The first-order valence-corrected chi connectivity index (χ1v) is 7.81. The lowest BCUT2D eigenvalue weighted by atomic mass is 10.0. The average molecular weight is 353 g/mol. The largest absolute Gasteiger partial charge is 0.363 e. The highest BCUT2D eigenvalue weighted by molar-refractivity contribution is 9.10. The van der Waals surface area contributed by atoms with Crippen LogP contribution < -0.4 is 0 Å². The van der Waals surface area contributed by atoms with Crippen molar-refractivity contribution >= 4 is 27.7 Å². The van der Waals surface area contributed by atoms with Crippen LogP contribution in [0, 0.1) is 11.3 Å². The van der Waals surface area contributed by atoms with Crippen molar-refractivity contribution in [1.29, 1.82) is 5.26 Å². The molecule has 2 N–H and O–H groups in total. The van der Waals surface area contributed by atoms with Crippen molar-refractivity contribution < 1.29 is 10.2 Å². The van der Waals surface area contributed by atoms with Crippen LogP contribution in [0.25, 0.3) is 11.1 Å². The fourth-order valence-corrected chi connectivity index (χ4v) is 3.22. The van der Waals surface area contributed by atoms with Crippen LogP contribution in [0.15, 0.2) is 33.8 Å². The third kappa shape index (κ3) is 2.50. The summed E-state index contributed by atoms with van der Waals surface area (Å²) in [5.41, 5.74) is 2.14. The Balaban J connectivity index is 2.79. The van der Waals surface area contributed by atoms with E-state index in [9.17, 15) is 15.5 Å². The van der Waals surface area contributed by atoms with Gasteiger partial charge in [0, 0.05) is 17.1 Å². The molecule has 0 radical (unpaired) electrons. The van der Waals surface area contributed by atoms with E-state index in [4.69, 9.17) is 0 Å². The van der Waals surface area contributed by atoms with Crippen molar-refractivity contribution in [3.8, 4) is 17.2 Å². The minimum atomic E-state index is -1.63. The summed E-state index contributed by atoms with van der Waals surface area (Å²) >= 11 is 4.77. The van der Waals surface area contributed by atoms with E-state index in [1.54, 1.807) is 11.6 Å². The van der Waals surface area contributed by atoms with Crippen molar-refractivity contribution in [2.45, 2.75) is 11.3 Å². The van der Waals surface area contributed by atoms with Gasteiger partial charge >= 0.3 is 0 Å². The molecule has 0 aliphatic heterocycles. The zero-order valence-electron chi connectivity index (χ0n) is 11.0. The lowest BCUT2D eigenvalue weighted by molar-refractivity contribution is -0.0476. The second-order valence-corrected chi connectivity index (χ2v) is 5.91. The Morgan fingerprint density at radius 2 is 1.90 bits per heavy atom. The van der Waals surface area contributed by atoms with Gasteiger partial charge in [-0.2, -0.15) is 5.26 Å². The van der Waals surface area contributed by atoms with Crippen LogP contribution in [0.5, 0.6) is 0 Å². The zero-order valence-corrected chi connectivity index (χ0v) is 13.4. The standard InChI is InChI=1S/C14H13BrN2O2S/c1-17-12(14(18)19)11(10(7-16)13(17)20-2)8-3-5-9(15)6-4-8/h3-6,14,18-19H,1-2H3. The van der Waals surface area contributed by atoms with E-state index in [0.29, 0.717) is 21.8 Å². The third-order valence-corrected chi connectivity index (χ3v) is 4.46. The van der Waals surface area contributed by atoms with Crippen molar-refractivity contribution in [1.82, 2.24) is 4.57 Å². The smallest absolute Gasteiger partial charge is 0.194 e. The SMILES string of the molecule is CSc1c(C#N)c(-c2ccc(Br)cc2)c(C(O)O)n1C. The van der Waals surface area contributed by atoms with Gasteiger partial charge in [0.05, 0.1) is 16.3 Å². The van der Waals surface area contributed by atoms with Gasteiger partial charge in [-0.3, -0.25) is 0 Å². The lowest BCUT2D eigenvalue weighted by Gasteiger charge is -2.10. The Morgan fingerprint density at radius 1 is 1.30 bits per heavy atom. The van der Waals surface area contributed by atoms with Gasteiger partial charge in [0.25, 0.3) is 0 Å². The van der Waals surface area contributed by atoms with Crippen LogP contribution in [-0.4, -0.2) is 21.0 Å². The first-order chi connectivity index (χ1) is 9.51. The zero-order chi connectivity index (χ0) is 14.9. The molecular weight excluding hydrogens is 340 g/mol. The fourth-order valence-electron chi connectivity index (χ4n) is 2.23. The summed E-state index contributed by atoms with van der Waals surface area (Å²) in [6.07, 6.45) is 0.223. The number of rotatable bonds is 3. The number of aromatic nitrogens is 1. The second kappa shape index (κ2) is 6.02. The maximum absolute atomic E-state index is 9.64. The first kappa shape index (κ1) is 15.1. The number of hydrogen-bond acceptors (Lipinski definition) is 4. The van der Waals surface area contributed by atoms with Gasteiger partial charge in [-0.1, -0.05) is 28.1 Å². The van der Waals surface area contributed by atoms with E-state index in [-0.39, 0.29) is 0 Å². The van der Waals surface area contributed by atoms with Gasteiger partial charge < -0.3 is 14.8 Å². The Hall–Kier alpha value is -1.26. The van der Waals surface area contributed by atoms with E-state index in [2.05, 4.69) is 22.0 Å². The Bertz CT molecular complexity index is 672. The second-order valence-electron chi connectivity index (χ2n) is 4.20. The molecule has 20 heavy (non-hydrogen) atoms. The van der Waals surface area contributed by atoms with Crippen LogP contribution in [0.3, 0.4) is 0 Å². The highest BCUT2D eigenvalue weighted by Crippen LogP contribution is 2.38. The Kier molecular flexibility index (Phi) is 4.55. The number of hydrogen-bond donors (Lipinski definition) is 2. The highest BCUT2D eigenvalue weighted by Gasteiger charge is 2.25. The van der Waals surface area contributed by atoms with E-state index >= 15 is 0 Å². The Morgan fingerprint density at radius 3 is 2.35 bits per heavy atom. The van der Waals surface area contributed by atoms with Gasteiger partial charge in [-0.15, -0.1) is 11.8 Å². The molecule has 104 valence electrons. The summed E-state index contributed by atoms with van der Waals surface area (Å²) in [5.74, 6) is 0. The molecule has 1 aromatic carbocycles. The molecular formula is C14H13BrN2O2S. The van der Waals surface area contributed by atoms with Crippen LogP contribution in [-0.2, 0) is 7.05 Å². The maximum Gasteiger partial charge on any atom is 0.194 e. The summed E-state index contributed by atoms with van der Waals surface area (Å²) in [5, 5.41) is 29.4. The first-order valence-electron chi connectivity index (χ1n) is 5.80.